The Labute approximate surface area is 113 Å². The van der Waals surface area contributed by atoms with E-state index in [9.17, 15) is 18.0 Å². The van der Waals surface area contributed by atoms with Gasteiger partial charge in [-0.15, -0.1) is 0 Å². The maximum Gasteiger partial charge on any atom is 0.421 e. The van der Waals surface area contributed by atoms with E-state index >= 15 is 0 Å². The van der Waals surface area contributed by atoms with Crippen molar-refractivity contribution in [3.8, 4) is 0 Å². The van der Waals surface area contributed by atoms with Crippen molar-refractivity contribution in [3.05, 3.63) is 48.0 Å². The van der Waals surface area contributed by atoms with E-state index in [0.29, 0.717) is 5.56 Å². The molecule has 20 heavy (non-hydrogen) atoms. The molecule has 3 rings (SSSR count). The van der Waals surface area contributed by atoms with Crippen LogP contribution >= 0.6 is 0 Å². The molecule has 3 nitrogen and oxygen atoms in total. The summed E-state index contributed by atoms with van der Waals surface area (Å²) >= 11 is 0. The summed E-state index contributed by atoms with van der Waals surface area (Å²) in [6.07, 6.45) is -2.43. The Hall–Kier alpha value is -1.82. The standard InChI is InChI=1S/C14H12F3NO2/c15-14(16,17)13-7-4-8-18(13)11(9-20-12(13)19)10-5-2-1-3-6-10/h1-7,11H,8-9H2/t11-,13-/m0/s1. The van der Waals surface area contributed by atoms with E-state index in [1.165, 1.54) is 6.08 Å². The molecule has 1 aromatic rings. The number of halogens is 3. The number of cyclic esters (lactones) is 1. The minimum absolute atomic E-state index is 0.0671. The molecule has 0 saturated carbocycles. The summed E-state index contributed by atoms with van der Waals surface area (Å²) in [5, 5.41) is 0. The quantitative estimate of drug-likeness (QED) is 0.585. The highest BCUT2D eigenvalue weighted by Crippen LogP contribution is 2.47. The second-order valence-corrected chi connectivity index (χ2v) is 4.84. The Morgan fingerprint density at radius 3 is 2.60 bits per heavy atom. The van der Waals surface area contributed by atoms with Gasteiger partial charge in [0.05, 0.1) is 6.04 Å². The molecule has 0 N–H and O–H groups in total. The lowest BCUT2D eigenvalue weighted by atomic mass is 9.92. The number of ether oxygens (including phenoxy) is 1. The summed E-state index contributed by atoms with van der Waals surface area (Å²) < 4.78 is 45.1. The number of alkyl halides is 3. The monoisotopic (exact) mass is 283 g/mol. The van der Waals surface area contributed by atoms with Crippen LogP contribution < -0.4 is 0 Å². The Balaban J connectivity index is 2.05. The number of morpholine rings is 1. The first kappa shape index (κ1) is 13.2. The highest BCUT2D eigenvalue weighted by atomic mass is 19.4. The highest BCUT2D eigenvalue weighted by molar-refractivity contribution is 5.86. The molecule has 1 saturated heterocycles. The van der Waals surface area contributed by atoms with Gasteiger partial charge < -0.3 is 4.74 Å². The van der Waals surface area contributed by atoms with Gasteiger partial charge >= 0.3 is 12.1 Å². The molecular weight excluding hydrogens is 271 g/mol. The second kappa shape index (κ2) is 4.34. The van der Waals surface area contributed by atoms with Crippen LogP contribution in [0.5, 0.6) is 0 Å². The first-order valence-electron chi connectivity index (χ1n) is 6.20. The van der Waals surface area contributed by atoms with Gasteiger partial charge in [0.1, 0.15) is 6.61 Å². The molecule has 2 heterocycles. The maximum atomic E-state index is 13.4. The average molecular weight is 283 g/mol. The van der Waals surface area contributed by atoms with Crippen molar-refractivity contribution in [1.29, 1.82) is 0 Å². The van der Waals surface area contributed by atoms with Gasteiger partial charge in [-0.05, 0) is 11.6 Å². The molecular formula is C14H12F3NO2. The number of nitrogens with zero attached hydrogens (tertiary/aromatic N) is 1. The second-order valence-electron chi connectivity index (χ2n) is 4.84. The largest absolute Gasteiger partial charge is 0.462 e. The zero-order valence-electron chi connectivity index (χ0n) is 10.4. The Kier molecular flexibility index (Phi) is 2.86. The van der Waals surface area contributed by atoms with Gasteiger partial charge in [0, 0.05) is 6.54 Å². The zero-order valence-corrected chi connectivity index (χ0v) is 10.4. The smallest absolute Gasteiger partial charge is 0.421 e. The zero-order chi connectivity index (χ0) is 14.4. The fourth-order valence-electron chi connectivity index (χ4n) is 2.81. The van der Waals surface area contributed by atoms with E-state index in [1.807, 2.05) is 0 Å². The van der Waals surface area contributed by atoms with Crippen LogP contribution in [-0.4, -0.2) is 35.7 Å². The van der Waals surface area contributed by atoms with Crippen LogP contribution in [0.3, 0.4) is 0 Å². The third kappa shape index (κ3) is 1.67. The summed E-state index contributed by atoms with van der Waals surface area (Å²) in [7, 11) is 0. The van der Waals surface area contributed by atoms with Crippen molar-refractivity contribution in [2.75, 3.05) is 13.2 Å². The van der Waals surface area contributed by atoms with Crippen LogP contribution in [0, 0.1) is 0 Å². The summed E-state index contributed by atoms with van der Waals surface area (Å²) in [6.45, 7) is 0.0104. The third-order valence-electron chi connectivity index (χ3n) is 3.79. The molecule has 1 aromatic carbocycles. The molecule has 0 amide bonds. The van der Waals surface area contributed by atoms with Gasteiger partial charge in [0.15, 0.2) is 0 Å². The first-order valence-corrected chi connectivity index (χ1v) is 6.20. The van der Waals surface area contributed by atoms with Crippen molar-refractivity contribution in [1.82, 2.24) is 4.90 Å². The number of fused-ring (bicyclic) bond motifs is 1. The van der Waals surface area contributed by atoms with Gasteiger partial charge in [-0.1, -0.05) is 36.4 Å². The van der Waals surface area contributed by atoms with Crippen LogP contribution in [0.15, 0.2) is 42.5 Å². The van der Waals surface area contributed by atoms with Gasteiger partial charge in [0.25, 0.3) is 0 Å². The highest BCUT2D eigenvalue weighted by Gasteiger charge is 2.68. The number of rotatable bonds is 1. The van der Waals surface area contributed by atoms with Crippen molar-refractivity contribution in [2.45, 2.75) is 17.8 Å². The minimum atomic E-state index is -4.70. The lowest BCUT2D eigenvalue weighted by molar-refractivity contribution is -0.242. The van der Waals surface area contributed by atoms with E-state index in [4.69, 9.17) is 4.74 Å². The maximum absolute atomic E-state index is 13.4. The molecule has 0 aliphatic carbocycles. The van der Waals surface area contributed by atoms with Crippen molar-refractivity contribution in [3.63, 3.8) is 0 Å². The van der Waals surface area contributed by atoms with E-state index < -0.39 is 23.7 Å². The van der Waals surface area contributed by atoms with E-state index in [1.54, 1.807) is 30.3 Å². The minimum Gasteiger partial charge on any atom is -0.462 e. The Bertz CT molecular complexity index is 555. The predicted octanol–water partition coefficient (Wildman–Crippen LogP) is 2.46. The lowest BCUT2D eigenvalue weighted by Gasteiger charge is -2.45. The van der Waals surface area contributed by atoms with E-state index in [2.05, 4.69) is 0 Å². The van der Waals surface area contributed by atoms with Crippen molar-refractivity contribution in [2.24, 2.45) is 0 Å². The van der Waals surface area contributed by atoms with Gasteiger partial charge in [-0.25, -0.2) is 4.79 Å². The number of carbonyl (C=O) groups excluding carboxylic acids is 1. The molecule has 2 atom stereocenters. The number of esters is 1. The first-order chi connectivity index (χ1) is 9.47. The summed E-state index contributed by atoms with van der Waals surface area (Å²) in [4.78, 5) is 12.9. The summed E-state index contributed by atoms with van der Waals surface area (Å²) in [5.41, 5.74) is -1.94. The lowest BCUT2D eigenvalue weighted by Crippen LogP contribution is -2.65. The van der Waals surface area contributed by atoms with Gasteiger partial charge in [-0.3, -0.25) is 4.90 Å². The molecule has 0 spiro atoms. The van der Waals surface area contributed by atoms with Crippen molar-refractivity contribution >= 4 is 5.97 Å². The fraction of sp³-hybridized carbons (Fsp3) is 0.357. The number of benzene rings is 1. The molecule has 6 heteroatoms. The van der Waals surface area contributed by atoms with Crippen LogP contribution in [0.4, 0.5) is 13.2 Å². The molecule has 1 fully saturated rings. The van der Waals surface area contributed by atoms with Crippen LogP contribution in [-0.2, 0) is 9.53 Å². The molecule has 0 bridgehead atoms. The predicted molar refractivity (Wildman–Crippen MR) is 64.8 cm³/mol. The van der Waals surface area contributed by atoms with Crippen LogP contribution in [0.2, 0.25) is 0 Å². The van der Waals surface area contributed by atoms with Crippen LogP contribution in [0.1, 0.15) is 11.6 Å². The molecule has 0 unspecified atom stereocenters. The summed E-state index contributed by atoms with van der Waals surface area (Å²) in [6, 6.07) is 8.18. The van der Waals surface area contributed by atoms with Gasteiger partial charge in [0.2, 0.25) is 5.54 Å². The topological polar surface area (TPSA) is 29.5 Å². The normalized spacial score (nSPS) is 30.1. The molecule has 2 aliphatic rings. The summed E-state index contributed by atoms with van der Waals surface area (Å²) in [5.74, 6) is -1.24. The Morgan fingerprint density at radius 2 is 1.95 bits per heavy atom. The van der Waals surface area contributed by atoms with Crippen molar-refractivity contribution < 1.29 is 22.7 Å². The third-order valence-corrected chi connectivity index (χ3v) is 3.79. The number of hydrogen-bond donors (Lipinski definition) is 0. The van der Waals surface area contributed by atoms with E-state index in [0.717, 1.165) is 11.0 Å². The Morgan fingerprint density at radius 1 is 1.25 bits per heavy atom. The van der Waals surface area contributed by atoms with Gasteiger partial charge in [-0.2, -0.15) is 13.2 Å². The molecule has 2 aliphatic heterocycles. The number of carbonyl (C=O) groups is 1. The average Bonchev–Trinajstić information content (AvgIpc) is 2.86. The molecule has 106 valence electrons. The molecule has 0 aromatic heterocycles. The fourth-order valence-corrected chi connectivity index (χ4v) is 2.81. The van der Waals surface area contributed by atoms with Crippen LogP contribution in [0.25, 0.3) is 0 Å². The SMILES string of the molecule is O=C1OC[C@@H](c2ccccc2)N2CC=C[C@@]12C(F)(F)F. The number of hydrogen-bond acceptors (Lipinski definition) is 3. The molecule has 0 radical (unpaired) electrons. The van der Waals surface area contributed by atoms with E-state index in [-0.39, 0.29) is 13.2 Å².